The van der Waals surface area contributed by atoms with Crippen LogP contribution >= 0.6 is 0 Å². The third-order valence-electron chi connectivity index (χ3n) is 2.25. The van der Waals surface area contributed by atoms with Gasteiger partial charge in [-0.2, -0.15) is 5.10 Å². The molecule has 2 N–H and O–H groups in total. The molecule has 0 amide bonds. The van der Waals surface area contributed by atoms with Crippen molar-refractivity contribution in [3.8, 4) is 0 Å². The third-order valence-corrected chi connectivity index (χ3v) is 2.25. The van der Waals surface area contributed by atoms with Gasteiger partial charge in [0.05, 0.1) is 4.92 Å². The lowest BCUT2D eigenvalue weighted by molar-refractivity contribution is -0.384. The Morgan fingerprint density at radius 1 is 1.56 bits per heavy atom. The first-order valence-corrected chi connectivity index (χ1v) is 5.10. The SMILES string of the molecule is Cc1nn(C)c(NCCCCO)c1[N+](=O)[O-]. The maximum atomic E-state index is 10.8. The molecule has 1 aromatic heterocycles. The fourth-order valence-corrected chi connectivity index (χ4v) is 1.51. The molecule has 0 aromatic carbocycles. The van der Waals surface area contributed by atoms with Gasteiger partial charge in [-0.1, -0.05) is 0 Å². The maximum absolute atomic E-state index is 10.8. The second-order valence-electron chi connectivity index (χ2n) is 3.52. The van der Waals surface area contributed by atoms with Crippen molar-refractivity contribution in [2.75, 3.05) is 18.5 Å². The highest BCUT2D eigenvalue weighted by atomic mass is 16.6. The van der Waals surface area contributed by atoms with Gasteiger partial charge in [-0.3, -0.25) is 10.1 Å². The Kier molecular flexibility index (Phi) is 4.24. The van der Waals surface area contributed by atoms with Gasteiger partial charge in [0, 0.05) is 20.2 Å². The van der Waals surface area contributed by atoms with Crippen molar-refractivity contribution in [3.63, 3.8) is 0 Å². The zero-order valence-electron chi connectivity index (χ0n) is 9.43. The number of nitrogens with one attached hydrogen (secondary N) is 1. The Morgan fingerprint density at radius 3 is 2.81 bits per heavy atom. The molecule has 0 unspecified atom stereocenters. The number of nitrogens with zero attached hydrogens (tertiary/aromatic N) is 3. The summed E-state index contributed by atoms with van der Waals surface area (Å²) < 4.78 is 1.46. The van der Waals surface area contributed by atoms with E-state index in [4.69, 9.17) is 5.11 Å². The smallest absolute Gasteiger partial charge is 0.333 e. The molecule has 0 bridgehead atoms. The van der Waals surface area contributed by atoms with Crippen LogP contribution < -0.4 is 5.32 Å². The molecule has 0 radical (unpaired) electrons. The second kappa shape index (κ2) is 5.45. The maximum Gasteiger partial charge on any atom is 0.333 e. The number of hydrogen-bond acceptors (Lipinski definition) is 5. The summed E-state index contributed by atoms with van der Waals surface area (Å²) in [7, 11) is 1.66. The Morgan fingerprint density at radius 2 is 2.25 bits per heavy atom. The van der Waals surface area contributed by atoms with Crippen LogP contribution in [0.1, 0.15) is 18.5 Å². The Bertz CT molecular complexity index is 375. The standard InChI is InChI=1S/C9H16N4O3/c1-7-8(13(15)16)9(12(2)11-7)10-5-3-4-6-14/h10,14H,3-6H2,1-2H3. The third kappa shape index (κ3) is 2.69. The molecule has 0 saturated heterocycles. The molecule has 0 fully saturated rings. The molecule has 0 spiro atoms. The molecule has 1 heterocycles. The molecular weight excluding hydrogens is 212 g/mol. The summed E-state index contributed by atoms with van der Waals surface area (Å²) in [6, 6.07) is 0. The summed E-state index contributed by atoms with van der Waals surface area (Å²) in [4.78, 5) is 10.4. The van der Waals surface area contributed by atoms with Crippen molar-refractivity contribution >= 4 is 11.5 Å². The van der Waals surface area contributed by atoms with Gasteiger partial charge in [0.15, 0.2) is 0 Å². The van der Waals surface area contributed by atoms with Crippen molar-refractivity contribution in [1.82, 2.24) is 9.78 Å². The Balaban J connectivity index is 2.74. The van der Waals surface area contributed by atoms with Crippen LogP contribution in [0.3, 0.4) is 0 Å². The Hall–Kier alpha value is -1.63. The van der Waals surface area contributed by atoms with Crippen LogP contribution in [0.15, 0.2) is 0 Å². The van der Waals surface area contributed by atoms with Gasteiger partial charge in [0.1, 0.15) is 5.69 Å². The molecule has 0 aliphatic heterocycles. The number of aryl methyl sites for hydroxylation is 2. The number of unbranched alkanes of at least 4 members (excludes halogenated alkanes) is 1. The van der Waals surface area contributed by atoms with E-state index in [1.165, 1.54) is 4.68 Å². The summed E-state index contributed by atoms with van der Waals surface area (Å²) in [6.07, 6.45) is 1.44. The zero-order valence-corrected chi connectivity index (χ0v) is 9.43. The summed E-state index contributed by atoms with van der Waals surface area (Å²) in [5, 5.41) is 26.4. The average molecular weight is 228 g/mol. The van der Waals surface area contributed by atoms with Gasteiger partial charge in [-0.15, -0.1) is 0 Å². The number of rotatable bonds is 6. The first-order valence-electron chi connectivity index (χ1n) is 5.10. The molecular formula is C9H16N4O3. The molecule has 7 nitrogen and oxygen atoms in total. The van der Waals surface area contributed by atoms with Crippen LogP contribution in [-0.2, 0) is 7.05 Å². The van der Waals surface area contributed by atoms with E-state index in [1.54, 1.807) is 14.0 Å². The number of anilines is 1. The van der Waals surface area contributed by atoms with Gasteiger partial charge in [-0.25, -0.2) is 4.68 Å². The van der Waals surface area contributed by atoms with Crippen LogP contribution in [0.5, 0.6) is 0 Å². The average Bonchev–Trinajstić information content (AvgIpc) is 2.48. The lowest BCUT2D eigenvalue weighted by Gasteiger charge is -2.04. The van der Waals surface area contributed by atoms with Gasteiger partial charge in [0.2, 0.25) is 5.82 Å². The number of hydrogen-bond donors (Lipinski definition) is 2. The lowest BCUT2D eigenvalue weighted by Crippen LogP contribution is -2.08. The highest BCUT2D eigenvalue weighted by Gasteiger charge is 2.23. The molecule has 0 aliphatic carbocycles. The van der Waals surface area contributed by atoms with E-state index < -0.39 is 4.92 Å². The predicted molar refractivity (Wildman–Crippen MR) is 59.4 cm³/mol. The molecule has 7 heteroatoms. The van der Waals surface area contributed by atoms with Crippen LogP contribution in [0, 0.1) is 17.0 Å². The summed E-state index contributed by atoms with van der Waals surface area (Å²) in [6.45, 7) is 2.32. The van der Waals surface area contributed by atoms with Crippen LogP contribution in [-0.4, -0.2) is 33.0 Å². The van der Waals surface area contributed by atoms with Crippen molar-refractivity contribution in [2.45, 2.75) is 19.8 Å². The molecule has 16 heavy (non-hydrogen) atoms. The van der Waals surface area contributed by atoms with Crippen molar-refractivity contribution in [3.05, 3.63) is 15.8 Å². The molecule has 90 valence electrons. The highest BCUT2D eigenvalue weighted by Crippen LogP contribution is 2.26. The van der Waals surface area contributed by atoms with Crippen LogP contribution in [0.2, 0.25) is 0 Å². The number of aliphatic hydroxyl groups excluding tert-OH is 1. The van der Waals surface area contributed by atoms with Crippen molar-refractivity contribution in [2.24, 2.45) is 7.05 Å². The topological polar surface area (TPSA) is 93.2 Å². The highest BCUT2D eigenvalue weighted by molar-refractivity contribution is 5.59. The van der Waals surface area contributed by atoms with E-state index in [9.17, 15) is 10.1 Å². The number of nitro groups is 1. The van der Waals surface area contributed by atoms with E-state index in [2.05, 4.69) is 10.4 Å². The fourth-order valence-electron chi connectivity index (χ4n) is 1.51. The molecule has 0 saturated carbocycles. The minimum atomic E-state index is -0.434. The fraction of sp³-hybridized carbons (Fsp3) is 0.667. The van der Waals surface area contributed by atoms with E-state index in [1.807, 2.05) is 0 Å². The van der Waals surface area contributed by atoms with Crippen LogP contribution in [0.4, 0.5) is 11.5 Å². The summed E-state index contributed by atoms with van der Waals surface area (Å²) in [5.74, 6) is 0.417. The van der Waals surface area contributed by atoms with Gasteiger partial charge in [-0.05, 0) is 19.8 Å². The summed E-state index contributed by atoms with van der Waals surface area (Å²) in [5.41, 5.74) is 0.420. The van der Waals surface area contributed by atoms with Gasteiger partial charge in [0.25, 0.3) is 0 Å². The Labute approximate surface area is 93.2 Å². The first kappa shape index (κ1) is 12.4. The van der Waals surface area contributed by atoms with E-state index in [-0.39, 0.29) is 12.3 Å². The number of aromatic nitrogens is 2. The monoisotopic (exact) mass is 228 g/mol. The normalized spacial score (nSPS) is 10.4. The predicted octanol–water partition coefficient (Wildman–Crippen LogP) is 0.821. The van der Waals surface area contributed by atoms with E-state index in [0.29, 0.717) is 24.5 Å². The minimum Gasteiger partial charge on any atom is -0.396 e. The van der Waals surface area contributed by atoms with E-state index in [0.717, 1.165) is 6.42 Å². The van der Waals surface area contributed by atoms with Crippen molar-refractivity contribution in [1.29, 1.82) is 0 Å². The first-order chi connectivity index (χ1) is 7.57. The minimum absolute atomic E-state index is 0.0199. The molecule has 0 atom stereocenters. The summed E-state index contributed by atoms with van der Waals surface area (Å²) >= 11 is 0. The number of aliphatic hydroxyl groups is 1. The van der Waals surface area contributed by atoms with Gasteiger partial charge >= 0.3 is 5.69 Å². The van der Waals surface area contributed by atoms with E-state index >= 15 is 0 Å². The second-order valence-corrected chi connectivity index (χ2v) is 3.52. The molecule has 0 aliphatic rings. The zero-order chi connectivity index (χ0) is 12.1. The van der Waals surface area contributed by atoms with Gasteiger partial charge < -0.3 is 10.4 Å². The lowest BCUT2D eigenvalue weighted by atomic mass is 10.3. The quantitative estimate of drug-likeness (QED) is 0.427. The molecule has 1 aromatic rings. The molecule has 1 rings (SSSR count). The van der Waals surface area contributed by atoms with Crippen molar-refractivity contribution < 1.29 is 10.0 Å². The van der Waals surface area contributed by atoms with Crippen LogP contribution in [0.25, 0.3) is 0 Å². The largest absolute Gasteiger partial charge is 0.396 e.